The maximum Gasteiger partial charge on any atom is 0.270 e. The predicted molar refractivity (Wildman–Crippen MR) is 102 cm³/mol. The van der Waals surface area contributed by atoms with Crippen molar-refractivity contribution in [3.63, 3.8) is 0 Å². The molecular weight excluding hydrogens is 345 g/mol. The number of nitrogens with zero attached hydrogens (tertiary/aromatic N) is 1. The Kier molecular flexibility index (Phi) is 5.94. The molecule has 0 aliphatic carbocycles. The monoisotopic (exact) mass is 371 g/mol. The highest BCUT2D eigenvalue weighted by atomic mass is 19.1. The van der Waals surface area contributed by atoms with Gasteiger partial charge in [-0.25, -0.2) is 4.39 Å². The second-order valence-corrected chi connectivity index (χ2v) is 7.32. The van der Waals surface area contributed by atoms with Gasteiger partial charge in [-0.2, -0.15) is 0 Å². The van der Waals surface area contributed by atoms with E-state index in [1.165, 1.54) is 6.07 Å². The molecule has 1 fully saturated rings. The minimum atomic E-state index is -0.306. The molecular formula is C21H26FN3O2. The summed E-state index contributed by atoms with van der Waals surface area (Å²) in [6.45, 7) is 5.39. The molecule has 2 amide bonds. The van der Waals surface area contributed by atoms with Gasteiger partial charge in [0.2, 0.25) is 5.91 Å². The van der Waals surface area contributed by atoms with Crippen LogP contribution in [-0.2, 0) is 11.3 Å². The molecule has 144 valence electrons. The summed E-state index contributed by atoms with van der Waals surface area (Å²) >= 11 is 0. The van der Waals surface area contributed by atoms with Gasteiger partial charge in [-0.1, -0.05) is 18.2 Å². The number of amides is 2. The third-order valence-electron chi connectivity index (χ3n) is 5.17. The van der Waals surface area contributed by atoms with Crippen molar-refractivity contribution >= 4 is 11.8 Å². The number of benzene rings is 1. The smallest absolute Gasteiger partial charge is 0.270 e. The van der Waals surface area contributed by atoms with Crippen molar-refractivity contribution in [1.82, 2.24) is 15.2 Å². The fraction of sp³-hybridized carbons (Fsp3) is 0.429. The van der Waals surface area contributed by atoms with Crippen molar-refractivity contribution in [1.29, 1.82) is 0 Å². The minimum Gasteiger partial charge on any atom is -0.354 e. The minimum absolute atomic E-state index is 0.0306. The van der Waals surface area contributed by atoms with Crippen molar-refractivity contribution in [2.45, 2.75) is 39.7 Å². The highest BCUT2D eigenvalue weighted by molar-refractivity contribution is 5.94. The number of nitrogens with one attached hydrogen (secondary N) is 2. The SMILES string of the molecule is Cc1cc(C)c(C(=O)N2CCC(CC(=O)NCc3ccccc3F)CC2)[nH]1. The Labute approximate surface area is 159 Å². The van der Waals surface area contributed by atoms with Gasteiger partial charge in [-0.05, 0) is 50.3 Å². The molecule has 1 saturated heterocycles. The lowest BCUT2D eigenvalue weighted by atomic mass is 9.93. The number of H-pyrrole nitrogens is 1. The van der Waals surface area contributed by atoms with E-state index in [1.54, 1.807) is 18.2 Å². The van der Waals surface area contributed by atoms with Crippen molar-refractivity contribution in [2.75, 3.05) is 13.1 Å². The van der Waals surface area contributed by atoms with E-state index in [0.29, 0.717) is 30.8 Å². The Hall–Kier alpha value is -2.63. The van der Waals surface area contributed by atoms with Gasteiger partial charge in [0.25, 0.3) is 5.91 Å². The molecule has 0 bridgehead atoms. The number of likely N-dealkylation sites (tertiary alicyclic amines) is 1. The van der Waals surface area contributed by atoms with E-state index in [0.717, 1.165) is 24.1 Å². The number of aryl methyl sites for hydroxylation is 2. The summed E-state index contributed by atoms with van der Waals surface area (Å²) in [5.74, 6) is -0.0949. The molecule has 5 nitrogen and oxygen atoms in total. The number of piperidine rings is 1. The molecule has 2 aromatic rings. The topological polar surface area (TPSA) is 65.2 Å². The van der Waals surface area contributed by atoms with Crippen LogP contribution in [0.5, 0.6) is 0 Å². The Morgan fingerprint density at radius 1 is 1.22 bits per heavy atom. The Balaban J connectivity index is 1.45. The van der Waals surface area contributed by atoms with E-state index in [1.807, 2.05) is 24.8 Å². The van der Waals surface area contributed by atoms with E-state index in [-0.39, 0.29) is 30.1 Å². The lowest BCUT2D eigenvalue weighted by Crippen LogP contribution is -2.40. The maximum absolute atomic E-state index is 13.6. The summed E-state index contributed by atoms with van der Waals surface area (Å²) in [6.07, 6.45) is 2.02. The lowest BCUT2D eigenvalue weighted by Gasteiger charge is -2.31. The van der Waals surface area contributed by atoms with Gasteiger partial charge in [0.1, 0.15) is 11.5 Å². The summed E-state index contributed by atoms with van der Waals surface area (Å²) in [5.41, 5.74) is 3.10. The first-order valence-corrected chi connectivity index (χ1v) is 9.39. The van der Waals surface area contributed by atoms with Crippen LogP contribution in [0.2, 0.25) is 0 Å². The van der Waals surface area contributed by atoms with E-state index < -0.39 is 0 Å². The fourth-order valence-corrected chi connectivity index (χ4v) is 3.62. The van der Waals surface area contributed by atoms with Crippen LogP contribution in [0.25, 0.3) is 0 Å². The summed E-state index contributed by atoms with van der Waals surface area (Å²) in [5, 5.41) is 2.79. The van der Waals surface area contributed by atoms with Crippen LogP contribution in [0.15, 0.2) is 30.3 Å². The van der Waals surface area contributed by atoms with Gasteiger partial charge in [0.05, 0.1) is 0 Å². The van der Waals surface area contributed by atoms with E-state index in [2.05, 4.69) is 10.3 Å². The second kappa shape index (κ2) is 8.37. The first kappa shape index (κ1) is 19.1. The zero-order valence-corrected chi connectivity index (χ0v) is 15.8. The second-order valence-electron chi connectivity index (χ2n) is 7.32. The largest absolute Gasteiger partial charge is 0.354 e. The third-order valence-corrected chi connectivity index (χ3v) is 5.17. The summed E-state index contributed by atoms with van der Waals surface area (Å²) < 4.78 is 13.6. The van der Waals surface area contributed by atoms with Gasteiger partial charge >= 0.3 is 0 Å². The number of carbonyl (C=O) groups excluding carboxylic acids is 2. The fourth-order valence-electron chi connectivity index (χ4n) is 3.62. The van der Waals surface area contributed by atoms with Crippen LogP contribution in [0.4, 0.5) is 4.39 Å². The molecule has 1 aromatic carbocycles. The van der Waals surface area contributed by atoms with Gasteiger partial charge in [-0.15, -0.1) is 0 Å². The number of aromatic nitrogens is 1. The lowest BCUT2D eigenvalue weighted by molar-refractivity contribution is -0.122. The van der Waals surface area contributed by atoms with Crippen LogP contribution in [0.1, 0.15) is 46.6 Å². The van der Waals surface area contributed by atoms with Crippen LogP contribution >= 0.6 is 0 Å². The van der Waals surface area contributed by atoms with E-state index in [4.69, 9.17) is 0 Å². The number of halogens is 1. The predicted octanol–water partition coefficient (Wildman–Crippen LogP) is 3.33. The Morgan fingerprint density at radius 3 is 2.56 bits per heavy atom. The van der Waals surface area contributed by atoms with Crippen molar-refractivity contribution in [3.05, 3.63) is 58.7 Å². The Bertz CT molecular complexity index is 823. The van der Waals surface area contributed by atoms with Crippen LogP contribution < -0.4 is 5.32 Å². The zero-order valence-electron chi connectivity index (χ0n) is 15.8. The molecule has 3 rings (SSSR count). The maximum atomic E-state index is 13.6. The molecule has 27 heavy (non-hydrogen) atoms. The van der Waals surface area contributed by atoms with Gasteiger partial charge in [0, 0.05) is 37.3 Å². The average Bonchev–Trinajstić information content (AvgIpc) is 2.99. The van der Waals surface area contributed by atoms with Crippen LogP contribution in [0.3, 0.4) is 0 Å². The summed E-state index contributed by atoms with van der Waals surface area (Å²) in [6, 6.07) is 8.42. The van der Waals surface area contributed by atoms with Crippen LogP contribution in [-0.4, -0.2) is 34.8 Å². The highest BCUT2D eigenvalue weighted by Crippen LogP contribution is 2.23. The number of aromatic amines is 1. The number of rotatable bonds is 5. The van der Waals surface area contributed by atoms with Crippen molar-refractivity contribution < 1.29 is 14.0 Å². The van der Waals surface area contributed by atoms with Crippen molar-refractivity contribution in [3.8, 4) is 0 Å². The molecule has 1 aliphatic rings. The van der Waals surface area contributed by atoms with Crippen molar-refractivity contribution in [2.24, 2.45) is 5.92 Å². The molecule has 0 unspecified atom stereocenters. The molecule has 6 heteroatoms. The third kappa shape index (κ3) is 4.76. The highest BCUT2D eigenvalue weighted by Gasteiger charge is 2.26. The molecule has 0 atom stereocenters. The average molecular weight is 371 g/mol. The van der Waals surface area contributed by atoms with E-state index in [9.17, 15) is 14.0 Å². The van der Waals surface area contributed by atoms with E-state index >= 15 is 0 Å². The van der Waals surface area contributed by atoms with Crippen LogP contribution in [0, 0.1) is 25.6 Å². The normalized spacial score (nSPS) is 15.0. The number of carbonyl (C=O) groups is 2. The number of hydrogen-bond donors (Lipinski definition) is 2. The Morgan fingerprint density at radius 2 is 1.93 bits per heavy atom. The first-order chi connectivity index (χ1) is 12.9. The summed E-state index contributed by atoms with van der Waals surface area (Å²) in [4.78, 5) is 29.8. The standard InChI is InChI=1S/C21H26FN3O2/c1-14-11-15(2)24-20(14)21(27)25-9-7-16(8-10-25)12-19(26)23-13-17-5-3-4-6-18(17)22/h3-6,11,16,24H,7-10,12-13H2,1-2H3,(H,23,26). The van der Waals surface area contributed by atoms with Gasteiger partial charge < -0.3 is 15.2 Å². The molecule has 0 saturated carbocycles. The molecule has 1 aromatic heterocycles. The number of hydrogen-bond acceptors (Lipinski definition) is 2. The first-order valence-electron chi connectivity index (χ1n) is 9.39. The van der Waals surface area contributed by atoms with Gasteiger partial charge in [-0.3, -0.25) is 9.59 Å². The summed E-state index contributed by atoms with van der Waals surface area (Å²) in [7, 11) is 0. The molecule has 0 radical (unpaired) electrons. The molecule has 1 aliphatic heterocycles. The quantitative estimate of drug-likeness (QED) is 0.847. The zero-order chi connectivity index (χ0) is 19.4. The molecule has 0 spiro atoms. The van der Waals surface area contributed by atoms with Gasteiger partial charge in [0.15, 0.2) is 0 Å². The molecule has 2 N–H and O–H groups in total. The molecule has 2 heterocycles.